The summed E-state index contributed by atoms with van der Waals surface area (Å²) in [6, 6.07) is 10.3. The van der Waals surface area contributed by atoms with Gasteiger partial charge in [-0.05, 0) is 26.8 Å². The first-order chi connectivity index (χ1) is 8.07. The quantitative estimate of drug-likeness (QED) is 0.849. The lowest BCUT2D eigenvalue weighted by Gasteiger charge is -2.30. The fraction of sp³-hybridized carbons (Fsp3) is 0.500. The van der Waals surface area contributed by atoms with Crippen molar-refractivity contribution in [1.82, 2.24) is 0 Å². The summed E-state index contributed by atoms with van der Waals surface area (Å²) in [4.78, 5) is 2.16. The monoisotopic (exact) mass is 232 g/mol. The molecule has 1 aromatic carbocycles. The smallest absolute Gasteiger partial charge is 0.0781 e. The number of hydrogen-bond acceptors (Lipinski definition) is 3. The van der Waals surface area contributed by atoms with Crippen molar-refractivity contribution in [3.05, 3.63) is 29.8 Å². The van der Waals surface area contributed by atoms with Crippen molar-refractivity contribution >= 4 is 5.69 Å². The molecule has 0 radical (unpaired) electrons. The molecule has 0 aliphatic heterocycles. The van der Waals surface area contributed by atoms with E-state index < -0.39 is 6.10 Å². The number of rotatable bonds is 5. The van der Waals surface area contributed by atoms with E-state index in [0.29, 0.717) is 19.0 Å². The molecule has 1 N–H and O–H groups in total. The molecule has 1 atom stereocenters. The van der Waals surface area contributed by atoms with E-state index in [2.05, 4.69) is 24.8 Å². The van der Waals surface area contributed by atoms with Gasteiger partial charge in [0.05, 0.1) is 18.6 Å². The second kappa shape index (κ2) is 6.27. The highest BCUT2D eigenvalue weighted by molar-refractivity contribution is 5.55. The van der Waals surface area contributed by atoms with Crippen LogP contribution in [0, 0.1) is 11.3 Å². The zero-order chi connectivity index (χ0) is 12.8. The second-order valence-corrected chi connectivity index (χ2v) is 4.43. The van der Waals surface area contributed by atoms with Crippen LogP contribution in [-0.2, 0) is 0 Å². The minimum Gasteiger partial charge on any atom is -0.389 e. The van der Waals surface area contributed by atoms with Crippen LogP contribution in [0.5, 0.6) is 0 Å². The Morgan fingerprint density at radius 3 is 2.47 bits per heavy atom. The molecule has 0 fully saturated rings. The van der Waals surface area contributed by atoms with Crippen molar-refractivity contribution in [2.45, 2.75) is 39.3 Å². The minimum absolute atomic E-state index is 0.309. The van der Waals surface area contributed by atoms with Gasteiger partial charge in [0.15, 0.2) is 0 Å². The normalized spacial score (nSPS) is 12.2. The fourth-order valence-corrected chi connectivity index (χ4v) is 1.93. The van der Waals surface area contributed by atoms with Crippen LogP contribution >= 0.6 is 0 Å². The number of hydrogen-bond donors (Lipinski definition) is 1. The standard InChI is InChI=1S/C14H20N2O/c1-11(2)16(10-6-9-15)14-8-5-4-7-13(14)12(3)17/h4-5,7-8,11-12,17H,6,10H2,1-3H3/t12-/m0/s1. The molecule has 0 amide bonds. The predicted molar refractivity (Wildman–Crippen MR) is 69.8 cm³/mol. The molecule has 0 aliphatic carbocycles. The van der Waals surface area contributed by atoms with Crippen LogP contribution in [0.3, 0.4) is 0 Å². The number of aliphatic hydroxyl groups excluding tert-OH is 1. The van der Waals surface area contributed by atoms with E-state index in [1.807, 2.05) is 24.3 Å². The first kappa shape index (κ1) is 13.5. The maximum absolute atomic E-state index is 9.77. The number of nitriles is 1. The van der Waals surface area contributed by atoms with Crippen molar-refractivity contribution in [3.8, 4) is 6.07 Å². The lowest BCUT2D eigenvalue weighted by Crippen LogP contribution is -2.32. The molecule has 0 spiro atoms. The largest absolute Gasteiger partial charge is 0.389 e. The zero-order valence-corrected chi connectivity index (χ0v) is 10.7. The average molecular weight is 232 g/mol. The fourth-order valence-electron chi connectivity index (χ4n) is 1.93. The summed E-state index contributed by atoms with van der Waals surface area (Å²) in [5, 5.41) is 18.5. The first-order valence-electron chi connectivity index (χ1n) is 5.98. The van der Waals surface area contributed by atoms with Crippen LogP contribution in [0.1, 0.15) is 38.9 Å². The second-order valence-electron chi connectivity index (χ2n) is 4.43. The van der Waals surface area contributed by atoms with Crippen molar-refractivity contribution in [1.29, 1.82) is 5.26 Å². The Kier molecular flexibility index (Phi) is 4.99. The van der Waals surface area contributed by atoms with Crippen molar-refractivity contribution in [3.63, 3.8) is 0 Å². The van der Waals surface area contributed by atoms with E-state index in [1.165, 1.54) is 0 Å². The van der Waals surface area contributed by atoms with Gasteiger partial charge in [-0.15, -0.1) is 0 Å². The van der Waals surface area contributed by atoms with E-state index in [9.17, 15) is 5.11 Å². The molecule has 1 aromatic rings. The summed E-state index contributed by atoms with van der Waals surface area (Å²) < 4.78 is 0. The Balaban J connectivity index is 3.05. The van der Waals surface area contributed by atoms with E-state index in [0.717, 1.165) is 11.3 Å². The highest BCUT2D eigenvalue weighted by Gasteiger charge is 2.15. The molecule has 1 rings (SSSR count). The van der Waals surface area contributed by atoms with Gasteiger partial charge in [-0.3, -0.25) is 0 Å². The molecule has 0 aromatic heterocycles. The summed E-state index contributed by atoms with van der Waals surface area (Å²) >= 11 is 0. The maximum Gasteiger partial charge on any atom is 0.0781 e. The van der Waals surface area contributed by atoms with Crippen LogP contribution in [0.25, 0.3) is 0 Å². The SMILES string of the molecule is CC(C)N(CCC#N)c1ccccc1[C@H](C)O. The van der Waals surface area contributed by atoms with Crippen LogP contribution in [-0.4, -0.2) is 17.7 Å². The lowest BCUT2D eigenvalue weighted by molar-refractivity contribution is 0.199. The lowest BCUT2D eigenvalue weighted by atomic mass is 10.1. The Morgan fingerprint density at radius 1 is 1.29 bits per heavy atom. The highest BCUT2D eigenvalue weighted by atomic mass is 16.3. The minimum atomic E-state index is -0.491. The molecular formula is C14H20N2O. The molecule has 0 aliphatic rings. The maximum atomic E-state index is 9.77. The van der Waals surface area contributed by atoms with Gasteiger partial charge in [0.1, 0.15) is 0 Å². The molecule has 0 heterocycles. The van der Waals surface area contributed by atoms with Gasteiger partial charge in [-0.1, -0.05) is 18.2 Å². The Bertz CT molecular complexity index is 393. The number of benzene rings is 1. The Labute approximate surface area is 103 Å². The number of anilines is 1. The summed E-state index contributed by atoms with van der Waals surface area (Å²) in [5.74, 6) is 0. The Morgan fingerprint density at radius 2 is 1.94 bits per heavy atom. The zero-order valence-electron chi connectivity index (χ0n) is 10.7. The van der Waals surface area contributed by atoms with Gasteiger partial charge in [0.2, 0.25) is 0 Å². The van der Waals surface area contributed by atoms with Gasteiger partial charge < -0.3 is 10.0 Å². The Hall–Kier alpha value is -1.53. The first-order valence-corrected chi connectivity index (χ1v) is 5.98. The van der Waals surface area contributed by atoms with Gasteiger partial charge in [-0.25, -0.2) is 0 Å². The summed E-state index contributed by atoms with van der Waals surface area (Å²) in [6.07, 6.45) is 0.00121. The van der Waals surface area contributed by atoms with E-state index in [4.69, 9.17) is 5.26 Å². The highest BCUT2D eigenvalue weighted by Crippen LogP contribution is 2.27. The van der Waals surface area contributed by atoms with Crippen LogP contribution in [0.15, 0.2) is 24.3 Å². The molecule has 3 heteroatoms. The number of nitrogens with zero attached hydrogens (tertiary/aromatic N) is 2. The molecular weight excluding hydrogens is 212 g/mol. The molecule has 92 valence electrons. The van der Waals surface area contributed by atoms with Crippen LogP contribution < -0.4 is 4.90 Å². The number of para-hydroxylation sites is 1. The van der Waals surface area contributed by atoms with Crippen LogP contribution in [0.2, 0.25) is 0 Å². The van der Waals surface area contributed by atoms with E-state index in [-0.39, 0.29) is 0 Å². The van der Waals surface area contributed by atoms with Crippen molar-refractivity contribution in [2.75, 3.05) is 11.4 Å². The molecule has 0 bridgehead atoms. The summed E-state index contributed by atoms with van der Waals surface area (Å²) in [5.41, 5.74) is 1.94. The molecule has 0 saturated heterocycles. The van der Waals surface area contributed by atoms with Gasteiger partial charge >= 0.3 is 0 Å². The molecule has 17 heavy (non-hydrogen) atoms. The summed E-state index contributed by atoms with van der Waals surface area (Å²) in [7, 11) is 0. The van der Waals surface area contributed by atoms with E-state index >= 15 is 0 Å². The third-order valence-corrected chi connectivity index (χ3v) is 2.78. The van der Waals surface area contributed by atoms with E-state index in [1.54, 1.807) is 6.92 Å². The molecule has 0 saturated carbocycles. The molecule has 3 nitrogen and oxygen atoms in total. The third kappa shape index (κ3) is 3.47. The topological polar surface area (TPSA) is 47.3 Å². The van der Waals surface area contributed by atoms with Crippen LogP contribution in [0.4, 0.5) is 5.69 Å². The predicted octanol–water partition coefficient (Wildman–Crippen LogP) is 2.87. The average Bonchev–Trinajstić information content (AvgIpc) is 2.29. The third-order valence-electron chi connectivity index (χ3n) is 2.78. The summed E-state index contributed by atoms with van der Waals surface area (Å²) in [6.45, 7) is 6.64. The van der Waals surface area contributed by atoms with Gasteiger partial charge in [0, 0.05) is 23.8 Å². The molecule has 0 unspecified atom stereocenters. The van der Waals surface area contributed by atoms with Gasteiger partial charge in [0.25, 0.3) is 0 Å². The van der Waals surface area contributed by atoms with Crippen molar-refractivity contribution in [2.24, 2.45) is 0 Å². The van der Waals surface area contributed by atoms with Gasteiger partial charge in [-0.2, -0.15) is 5.26 Å². The number of aliphatic hydroxyl groups is 1. The van der Waals surface area contributed by atoms with Crippen molar-refractivity contribution < 1.29 is 5.11 Å².